The number of alkyl carbamates (subject to hydrolysis) is 3. The van der Waals surface area contributed by atoms with E-state index in [0.717, 1.165) is 4.90 Å². The molecule has 4 aromatic rings. The van der Waals surface area contributed by atoms with Crippen LogP contribution in [-0.2, 0) is 59.4 Å². The third kappa shape index (κ3) is 21.0. The maximum absolute atomic E-state index is 14.8. The molecule has 4 aromatic carbocycles. The number of aliphatic hydroxyl groups excluding tert-OH is 2. The molecule has 5 rings (SSSR count). The number of hydrogen-bond acceptors (Lipinski definition) is 15. The lowest BCUT2D eigenvalue weighted by Crippen LogP contribution is -2.60. The van der Waals surface area contributed by atoms with Gasteiger partial charge in [-0.15, -0.1) is 0 Å². The van der Waals surface area contributed by atoms with E-state index in [9.17, 15) is 63.9 Å². The number of carbonyl (C=O) groups excluding carboxylic acids is 7. The highest BCUT2D eigenvalue weighted by Gasteiger charge is 2.35. The van der Waals surface area contributed by atoms with Gasteiger partial charge in [-0.25, -0.2) is 19.2 Å². The zero-order valence-corrected chi connectivity index (χ0v) is 45.4. The number of carbonyl (C=O) groups is 8. The molecule has 12 N–H and O–H groups in total. The maximum Gasteiger partial charge on any atom is 0.408 e. The van der Waals surface area contributed by atoms with Crippen LogP contribution in [0.3, 0.4) is 0 Å². The largest absolute Gasteiger partial charge is 0.508 e. The molecule has 0 saturated carbocycles. The minimum absolute atomic E-state index is 0.0278. The lowest BCUT2D eigenvalue weighted by molar-refractivity contribution is -0.134. The van der Waals surface area contributed by atoms with Crippen LogP contribution < -0.4 is 37.2 Å². The van der Waals surface area contributed by atoms with Crippen LogP contribution in [0.1, 0.15) is 76.6 Å². The summed E-state index contributed by atoms with van der Waals surface area (Å²) in [5.41, 5.74) is 0.501. The number of hydrogen-bond donors (Lipinski definition) is 12. The van der Waals surface area contributed by atoms with Gasteiger partial charge in [-0.3, -0.25) is 19.2 Å². The number of phenolic OH excluding ortho intramolecular Hbond substituents is 2. The van der Waals surface area contributed by atoms with Crippen LogP contribution in [0, 0.1) is 0 Å². The van der Waals surface area contributed by atoms with E-state index in [-0.39, 0.29) is 55.3 Å². The molecule has 24 nitrogen and oxygen atoms in total. The van der Waals surface area contributed by atoms with E-state index in [1.807, 2.05) is 0 Å². The molecule has 1 aliphatic heterocycles. The van der Waals surface area contributed by atoms with E-state index >= 15 is 0 Å². The van der Waals surface area contributed by atoms with Gasteiger partial charge < -0.3 is 81.9 Å². The summed E-state index contributed by atoms with van der Waals surface area (Å²) in [4.78, 5) is 110. The topological polar surface area (TPSA) is 353 Å². The van der Waals surface area contributed by atoms with Crippen molar-refractivity contribution in [1.29, 1.82) is 0 Å². The predicted molar refractivity (Wildman–Crippen MR) is 290 cm³/mol. The first kappa shape index (κ1) is 62.2. The van der Waals surface area contributed by atoms with Crippen molar-refractivity contribution in [3.05, 3.63) is 119 Å². The quantitative estimate of drug-likeness (QED) is 0.0598. The third-order valence-corrected chi connectivity index (χ3v) is 12.0. The van der Waals surface area contributed by atoms with Crippen molar-refractivity contribution in [3.8, 4) is 22.6 Å². The van der Waals surface area contributed by atoms with Crippen LogP contribution in [-0.4, -0.2) is 152 Å². The number of nitrogens with zero attached hydrogens (tertiary/aromatic N) is 1. The van der Waals surface area contributed by atoms with E-state index in [2.05, 4.69) is 37.2 Å². The Kier molecular flexibility index (Phi) is 22.4. The van der Waals surface area contributed by atoms with Gasteiger partial charge in [0.2, 0.25) is 23.6 Å². The molecule has 80 heavy (non-hydrogen) atoms. The lowest BCUT2D eigenvalue weighted by atomic mass is 9.95. The SMILES string of the molecule is CC(C)(C)OC(=O)NC[C@H](O)C[C@@H]1NC(=O)[C@@H](NC(=O)OC(C)(C)C)Cc2cc(ccc2O)-c2ccc(O)c(c2)C[C@@H](C(=O)N[C@@H](C[C@@H](O)CNC(=O)OCc2ccccc2)C(=O)NCCN(Cc2ccccc2)C(=O)O)NC1=O. The number of phenols is 2. The van der Waals surface area contributed by atoms with Gasteiger partial charge >= 0.3 is 24.4 Å². The van der Waals surface area contributed by atoms with E-state index < -0.39 is 128 Å². The van der Waals surface area contributed by atoms with Gasteiger partial charge in [0.05, 0.1) is 12.2 Å². The summed E-state index contributed by atoms with van der Waals surface area (Å²) >= 11 is 0. The fraction of sp³-hybridized carbons (Fsp3) is 0.429. The molecule has 0 spiro atoms. The van der Waals surface area contributed by atoms with E-state index in [0.29, 0.717) is 22.3 Å². The Bertz CT molecular complexity index is 2790. The molecule has 8 amide bonds. The van der Waals surface area contributed by atoms with Crippen molar-refractivity contribution in [3.63, 3.8) is 0 Å². The molecule has 1 aliphatic rings. The number of aliphatic hydroxyl groups is 2. The van der Waals surface area contributed by atoms with Crippen molar-refractivity contribution in [2.45, 2.75) is 128 Å². The number of ether oxygens (including phenoxy) is 3. The highest BCUT2D eigenvalue weighted by atomic mass is 16.6. The standard InChI is InChI=1S/C56H72N8O16/c1-55(2,3)79-52(74)59-30-40(66)28-44-50(72)60-41(25-37-23-35(17-19-45(37)67)36-18-20-46(68)38(24-36)26-42(49(71)62-44)63-53(75)80-56(4,5)6)48(70)61-43(27-39(65)29-58-51(73)78-32-34-15-11-8-12-16-34)47(69)57-21-22-64(54(76)77)31-33-13-9-7-10-14-33/h7-20,23-24,39-44,65-68H,21-22,25-32H2,1-6H3,(H,57,69)(H,58,73)(H,59,74)(H,60,72)(H,61,70)(H,62,71)(H,63,75)(H,76,77)/t39-,40-,41+,42+,43+,44+/m1/s1. The monoisotopic (exact) mass is 1110 g/mol. The molecular formula is C56H72N8O16. The number of nitrogens with one attached hydrogen (secondary N) is 7. The average molecular weight is 1110 g/mol. The Hall–Kier alpha value is -8.64. The molecule has 0 saturated heterocycles. The van der Waals surface area contributed by atoms with E-state index in [1.54, 1.807) is 108 Å². The maximum atomic E-state index is 14.8. The van der Waals surface area contributed by atoms with Crippen LogP contribution in [0.15, 0.2) is 97.1 Å². The second-order valence-electron chi connectivity index (χ2n) is 21.1. The van der Waals surface area contributed by atoms with Gasteiger partial charge in [-0.05, 0) is 99.2 Å². The summed E-state index contributed by atoms with van der Waals surface area (Å²) in [7, 11) is 0. The van der Waals surface area contributed by atoms with Gasteiger partial charge in [-0.2, -0.15) is 0 Å². The van der Waals surface area contributed by atoms with Crippen LogP contribution in [0.2, 0.25) is 0 Å². The third-order valence-electron chi connectivity index (χ3n) is 12.0. The van der Waals surface area contributed by atoms with Crippen molar-refractivity contribution in [1.82, 2.24) is 42.1 Å². The zero-order valence-electron chi connectivity index (χ0n) is 45.4. The Balaban J connectivity index is 1.50. The second-order valence-corrected chi connectivity index (χ2v) is 21.1. The average Bonchev–Trinajstić information content (AvgIpc) is 3.40. The Morgan fingerprint density at radius 3 is 1.81 bits per heavy atom. The smallest absolute Gasteiger partial charge is 0.408 e. The highest BCUT2D eigenvalue weighted by molar-refractivity contribution is 5.96. The molecule has 24 heteroatoms. The van der Waals surface area contributed by atoms with Crippen LogP contribution in [0.25, 0.3) is 11.1 Å². The first-order valence-electron chi connectivity index (χ1n) is 25.8. The summed E-state index contributed by atoms with van der Waals surface area (Å²) in [5, 5.41) is 72.4. The molecule has 6 atom stereocenters. The minimum atomic E-state index is -1.78. The molecule has 1 heterocycles. The Labute approximate surface area is 462 Å². The Morgan fingerprint density at radius 1 is 0.675 bits per heavy atom. The van der Waals surface area contributed by atoms with E-state index in [1.165, 1.54) is 30.3 Å². The predicted octanol–water partition coefficient (Wildman–Crippen LogP) is 3.46. The minimum Gasteiger partial charge on any atom is -0.508 e. The van der Waals surface area contributed by atoms with E-state index in [4.69, 9.17) is 14.2 Å². The first-order valence-corrected chi connectivity index (χ1v) is 25.8. The van der Waals surface area contributed by atoms with Gasteiger partial charge in [0.25, 0.3) is 0 Å². The van der Waals surface area contributed by atoms with Crippen LogP contribution >= 0.6 is 0 Å². The summed E-state index contributed by atoms with van der Waals surface area (Å²) in [5.74, 6) is -4.75. The van der Waals surface area contributed by atoms with Crippen molar-refractivity contribution >= 4 is 48.0 Å². The van der Waals surface area contributed by atoms with Crippen LogP contribution in [0.5, 0.6) is 11.5 Å². The van der Waals surface area contributed by atoms with Crippen molar-refractivity contribution in [2.75, 3.05) is 26.2 Å². The van der Waals surface area contributed by atoms with Crippen LogP contribution in [0.4, 0.5) is 19.2 Å². The van der Waals surface area contributed by atoms with Gasteiger partial charge in [0.1, 0.15) is 53.5 Å². The zero-order chi connectivity index (χ0) is 58.7. The molecule has 0 unspecified atom stereocenters. The number of carboxylic acid groups (broad SMARTS) is 1. The summed E-state index contributed by atoms with van der Waals surface area (Å²) in [6.07, 6.45) is -9.38. The lowest BCUT2D eigenvalue weighted by Gasteiger charge is -2.28. The van der Waals surface area contributed by atoms with Gasteiger partial charge in [0.15, 0.2) is 0 Å². The molecule has 0 fully saturated rings. The Morgan fingerprint density at radius 2 is 1.23 bits per heavy atom. The number of rotatable bonds is 19. The highest BCUT2D eigenvalue weighted by Crippen LogP contribution is 2.31. The molecule has 0 radical (unpaired) electrons. The fourth-order valence-corrected chi connectivity index (χ4v) is 8.13. The van der Waals surface area contributed by atoms with Gasteiger partial charge in [0, 0.05) is 58.4 Å². The number of aromatic hydroxyl groups is 2. The first-order chi connectivity index (χ1) is 37.7. The molecule has 4 bridgehead atoms. The number of benzene rings is 4. The molecular weight excluding hydrogens is 1040 g/mol. The van der Waals surface area contributed by atoms with Crippen molar-refractivity contribution in [2.24, 2.45) is 0 Å². The molecule has 0 aromatic heterocycles. The summed E-state index contributed by atoms with van der Waals surface area (Å²) in [6, 6.07) is 19.5. The van der Waals surface area contributed by atoms with Gasteiger partial charge in [-0.1, -0.05) is 72.8 Å². The summed E-state index contributed by atoms with van der Waals surface area (Å²) < 4.78 is 16.0. The second kappa shape index (κ2) is 28.8. The normalized spacial score (nSPS) is 16.7. The molecule has 432 valence electrons. The summed E-state index contributed by atoms with van der Waals surface area (Å²) in [6.45, 7) is 8.01. The fourth-order valence-electron chi connectivity index (χ4n) is 8.13. The van der Waals surface area contributed by atoms with Crippen molar-refractivity contribution < 1.29 is 78.1 Å². The number of amides is 8. The molecule has 0 aliphatic carbocycles. The number of fused-ring (bicyclic) bond motifs is 5.